The molecule has 340 valence electrons. The van der Waals surface area contributed by atoms with Crippen LogP contribution in [0.1, 0.15) is 76.3 Å². The van der Waals surface area contributed by atoms with Crippen LogP contribution in [0.25, 0.3) is 38.8 Å². The molecule has 5 nitrogen and oxygen atoms in total. The molecule has 0 N–H and O–H groups in total. The topological polar surface area (TPSA) is 33.5 Å². The van der Waals surface area contributed by atoms with E-state index in [0.717, 1.165) is 45.1 Å². The predicted molar refractivity (Wildman–Crippen MR) is 288 cm³/mol. The zero-order valence-corrected chi connectivity index (χ0v) is 40.6. The van der Waals surface area contributed by atoms with Crippen molar-refractivity contribution >= 4 is 44.6 Å². The molecule has 3 heterocycles. The van der Waals surface area contributed by atoms with E-state index < -0.39 is 0 Å². The van der Waals surface area contributed by atoms with E-state index in [1.54, 1.807) is 0 Å². The highest BCUT2D eigenvalue weighted by molar-refractivity contribution is 6.10. The first-order chi connectivity index (χ1) is 33.3. The number of ether oxygens (including phenoxy) is 1. The number of hydrogen-bond acceptors (Lipinski definition) is 4. The maximum absolute atomic E-state index is 6.86. The van der Waals surface area contributed by atoms with E-state index in [-0.39, 0.29) is 16.2 Å². The molecule has 0 radical (unpaired) electrons. The summed E-state index contributed by atoms with van der Waals surface area (Å²) in [6, 6.07) is 74.4. The summed E-state index contributed by atoms with van der Waals surface area (Å²) in [5.41, 5.74) is 14.9. The molecule has 0 saturated carbocycles. The Hall–Kier alpha value is -7.89. The van der Waals surface area contributed by atoms with Gasteiger partial charge in [0.2, 0.25) is 0 Å². The zero-order valence-electron chi connectivity index (χ0n) is 40.6. The maximum Gasteiger partial charge on any atom is 0.137 e. The summed E-state index contributed by atoms with van der Waals surface area (Å²) in [5.74, 6) is 2.41. The van der Waals surface area contributed by atoms with Crippen molar-refractivity contribution in [2.24, 2.45) is 0 Å². The fourth-order valence-electron chi connectivity index (χ4n) is 10.2. The molecule has 0 atom stereocenters. The Kier molecular flexibility index (Phi) is 10.8. The molecule has 0 fully saturated rings. The molecule has 0 bridgehead atoms. The molecule has 0 aliphatic carbocycles. The van der Waals surface area contributed by atoms with Gasteiger partial charge in [0.15, 0.2) is 0 Å². The number of rotatable bonds is 10. The van der Waals surface area contributed by atoms with Crippen LogP contribution >= 0.6 is 0 Å². The molecule has 1 aliphatic heterocycles. The molecule has 0 spiro atoms. The van der Waals surface area contributed by atoms with E-state index in [1.165, 1.54) is 55.7 Å². The van der Waals surface area contributed by atoms with Crippen molar-refractivity contribution in [1.29, 1.82) is 0 Å². The first-order valence-electron chi connectivity index (χ1n) is 24.1. The number of fused-ring (bicyclic) bond motifs is 4. The molecule has 2 aromatic heterocycles. The summed E-state index contributed by atoms with van der Waals surface area (Å²) in [5, 5.41) is 2.32. The van der Waals surface area contributed by atoms with Crippen molar-refractivity contribution in [1.82, 2.24) is 9.55 Å². The second-order valence-corrected chi connectivity index (χ2v) is 20.6. The highest BCUT2D eigenvalue weighted by Gasteiger charge is 2.33. The quantitative estimate of drug-likeness (QED) is 0.137. The van der Waals surface area contributed by atoms with Crippen LogP contribution in [-0.4, -0.2) is 16.2 Å². The van der Waals surface area contributed by atoms with Crippen LogP contribution in [0.4, 0.5) is 22.7 Å². The summed E-state index contributed by atoms with van der Waals surface area (Å²) in [6.45, 7) is 16.8. The van der Waals surface area contributed by atoms with Crippen LogP contribution in [0.15, 0.2) is 212 Å². The average Bonchev–Trinajstić information content (AvgIpc) is 3.93. The molecule has 8 aromatic carbocycles. The average molecular weight is 899 g/mol. The highest BCUT2D eigenvalue weighted by Crippen LogP contribution is 2.48. The van der Waals surface area contributed by atoms with Gasteiger partial charge in [-0.25, -0.2) is 4.98 Å². The standard InChI is InChI=1S/C64H58N4O/c1-62(2,3)48-34-35-65-61(40-48)68-57-33-30-45(44-20-11-8-12-21-44)36-56(57)55-32-31-54(42-60(55)68)69-53-27-19-26-51(41-53)66-43-67(59-29-18-17-28-58(59)66)52-38-49(63(4,5)46-22-13-9-14-23-46)37-50(39-52)64(6,7)47-24-15-10-16-25-47/h8-42H,43H2,1-7H3. The number of benzene rings is 8. The van der Waals surface area contributed by atoms with Gasteiger partial charge in [-0.15, -0.1) is 0 Å². The summed E-state index contributed by atoms with van der Waals surface area (Å²) in [4.78, 5) is 9.84. The molecule has 0 amide bonds. The Morgan fingerprint density at radius 2 is 1.00 bits per heavy atom. The number of para-hydroxylation sites is 2. The maximum atomic E-state index is 6.86. The van der Waals surface area contributed by atoms with E-state index in [4.69, 9.17) is 9.72 Å². The lowest BCUT2D eigenvalue weighted by atomic mass is 9.73. The third-order valence-corrected chi connectivity index (χ3v) is 14.5. The second kappa shape index (κ2) is 17.0. The van der Waals surface area contributed by atoms with Gasteiger partial charge in [-0.2, -0.15) is 0 Å². The third-order valence-electron chi connectivity index (χ3n) is 14.5. The lowest BCUT2D eigenvalue weighted by Gasteiger charge is -2.33. The minimum atomic E-state index is -0.237. The lowest BCUT2D eigenvalue weighted by molar-refractivity contribution is 0.483. The SMILES string of the molecule is CC(C)(C)c1ccnc(-n2c3ccc(-c4ccccc4)cc3c3ccc(Oc4cccc(N5CN(c6cc(C(C)(C)c7ccccc7)cc(C(C)(C)c7ccccc7)c6)c6ccccc65)c4)cc32)c1. The van der Waals surface area contributed by atoms with Crippen LogP contribution in [0.2, 0.25) is 0 Å². The summed E-state index contributed by atoms with van der Waals surface area (Å²) >= 11 is 0. The largest absolute Gasteiger partial charge is 0.457 e. The van der Waals surface area contributed by atoms with Gasteiger partial charge < -0.3 is 14.5 Å². The van der Waals surface area contributed by atoms with Crippen molar-refractivity contribution in [2.75, 3.05) is 16.5 Å². The number of pyridine rings is 1. The molecule has 5 heteroatoms. The van der Waals surface area contributed by atoms with Gasteiger partial charge in [0.25, 0.3) is 0 Å². The van der Waals surface area contributed by atoms with Gasteiger partial charge in [-0.05, 0) is 117 Å². The van der Waals surface area contributed by atoms with Gasteiger partial charge in [-0.3, -0.25) is 4.57 Å². The molecule has 0 saturated heterocycles. The van der Waals surface area contributed by atoms with Gasteiger partial charge in [-0.1, -0.05) is 170 Å². The summed E-state index contributed by atoms with van der Waals surface area (Å²) in [6.07, 6.45) is 1.93. The Bertz CT molecular complexity index is 3420. The highest BCUT2D eigenvalue weighted by atomic mass is 16.5. The smallest absolute Gasteiger partial charge is 0.137 e. The number of anilines is 4. The van der Waals surface area contributed by atoms with E-state index in [2.05, 4.69) is 269 Å². The fourth-order valence-corrected chi connectivity index (χ4v) is 10.2. The van der Waals surface area contributed by atoms with Crippen molar-refractivity contribution in [3.05, 3.63) is 240 Å². The first kappa shape index (κ1) is 43.7. The molecular weight excluding hydrogens is 841 g/mol. The predicted octanol–water partition coefficient (Wildman–Crippen LogP) is 16.8. The molecule has 0 unspecified atom stereocenters. The van der Waals surface area contributed by atoms with Crippen molar-refractivity contribution in [2.45, 2.75) is 64.7 Å². The van der Waals surface area contributed by atoms with Crippen molar-refractivity contribution in [3.63, 3.8) is 0 Å². The Morgan fingerprint density at radius 1 is 0.406 bits per heavy atom. The van der Waals surface area contributed by atoms with Crippen molar-refractivity contribution in [3.8, 4) is 28.4 Å². The normalized spacial score (nSPS) is 13.0. The van der Waals surface area contributed by atoms with Gasteiger partial charge >= 0.3 is 0 Å². The van der Waals surface area contributed by atoms with Gasteiger partial charge in [0.05, 0.1) is 22.4 Å². The van der Waals surface area contributed by atoms with Crippen LogP contribution in [0.3, 0.4) is 0 Å². The molecule has 11 rings (SSSR count). The Balaban J connectivity index is 0.967. The fraction of sp³-hybridized carbons (Fsp3) is 0.172. The number of hydrogen-bond donors (Lipinski definition) is 0. The summed E-state index contributed by atoms with van der Waals surface area (Å²) in [7, 11) is 0. The van der Waals surface area contributed by atoms with Crippen LogP contribution in [0.5, 0.6) is 11.5 Å². The van der Waals surface area contributed by atoms with Crippen molar-refractivity contribution < 1.29 is 4.74 Å². The molecule has 1 aliphatic rings. The molecule has 10 aromatic rings. The second-order valence-electron chi connectivity index (χ2n) is 20.6. The minimum Gasteiger partial charge on any atom is -0.457 e. The number of nitrogens with zero attached hydrogens (tertiary/aromatic N) is 4. The molecule has 69 heavy (non-hydrogen) atoms. The van der Waals surface area contributed by atoms with Gasteiger partial charge in [0, 0.05) is 51.3 Å². The lowest BCUT2D eigenvalue weighted by Crippen LogP contribution is -2.27. The van der Waals surface area contributed by atoms with Crippen LogP contribution in [-0.2, 0) is 16.2 Å². The Morgan fingerprint density at radius 3 is 1.64 bits per heavy atom. The Labute approximate surface area is 406 Å². The van der Waals surface area contributed by atoms with E-state index >= 15 is 0 Å². The first-order valence-corrected chi connectivity index (χ1v) is 24.1. The van der Waals surface area contributed by atoms with Gasteiger partial charge in [0.1, 0.15) is 24.0 Å². The van der Waals surface area contributed by atoms with E-state index in [9.17, 15) is 0 Å². The monoisotopic (exact) mass is 898 g/mol. The zero-order chi connectivity index (χ0) is 47.5. The number of aromatic nitrogens is 2. The third kappa shape index (κ3) is 8.02. The van der Waals surface area contributed by atoms with E-state index in [1.807, 2.05) is 6.20 Å². The molecular formula is C64H58N4O. The summed E-state index contributed by atoms with van der Waals surface area (Å²) < 4.78 is 9.15. The van der Waals surface area contributed by atoms with E-state index in [0.29, 0.717) is 6.67 Å². The minimum absolute atomic E-state index is 0.0331. The van der Waals surface area contributed by atoms with Crippen LogP contribution < -0.4 is 14.5 Å². The van der Waals surface area contributed by atoms with Crippen LogP contribution in [0, 0.1) is 0 Å².